The van der Waals surface area contributed by atoms with Gasteiger partial charge in [-0.25, -0.2) is 0 Å². The molecule has 0 bridgehead atoms. The zero-order valence-corrected chi connectivity index (χ0v) is 7.77. The Bertz CT molecular complexity index is 362. The van der Waals surface area contributed by atoms with Crippen LogP contribution in [0.25, 0.3) is 0 Å². The summed E-state index contributed by atoms with van der Waals surface area (Å²) in [5.74, 6) is 0.843. The Kier molecular flexibility index (Phi) is 1.79. The van der Waals surface area contributed by atoms with Crippen molar-refractivity contribution in [3.05, 3.63) is 23.8 Å². The van der Waals surface area contributed by atoms with Gasteiger partial charge < -0.3 is 14.4 Å². The third-order valence-electron chi connectivity index (χ3n) is 2.61. The Labute approximate surface area is 82.8 Å². The second-order valence-corrected chi connectivity index (χ2v) is 3.84. The number of hydrogen-bond donors (Lipinski definition) is 1. The van der Waals surface area contributed by atoms with Crippen LogP contribution in [0.15, 0.2) is 18.2 Å². The molecule has 1 heterocycles. The van der Waals surface area contributed by atoms with E-state index >= 15 is 0 Å². The minimum absolute atomic E-state index is 0.396. The summed E-state index contributed by atoms with van der Waals surface area (Å²) in [7, 11) is -0.771. The summed E-state index contributed by atoms with van der Waals surface area (Å²) in [5, 5.41) is 9.48. The molecule has 1 saturated carbocycles. The van der Waals surface area contributed by atoms with Crippen molar-refractivity contribution < 1.29 is 14.4 Å². The first kappa shape index (κ1) is 8.32. The van der Waals surface area contributed by atoms with Crippen LogP contribution in [0.1, 0.15) is 18.4 Å². The quantitative estimate of drug-likeness (QED) is 0.688. The second-order valence-electron chi connectivity index (χ2n) is 3.84. The number of fused-ring (bicyclic) bond motifs is 1. The van der Waals surface area contributed by atoms with Crippen molar-refractivity contribution in [2.45, 2.75) is 25.6 Å². The largest absolute Gasteiger partial charge is 0.491 e. The van der Waals surface area contributed by atoms with Crippen LogP contribution in [0.5, 0.6) is 5.75 Å². The molecule has 0 radical (unpaired) electrons. The molecule has 0 amide bonds. The fraction of sp³-hybridized carbons (Fsp3) is 0.400. The fourth-order valence-electron chi connectivity index (χ4n) is 1.64. The molecule has 0 atom stereocenters. The van der Waals surface area contributed by atoms with Crippen LogP contribution in [0, 0.1) is 0 Å². The lowest BCUT2D eigenvalue weighted by Gasteiger charge is -2.05. The molecular weight excluding hydrogens is 179 g/mol. The lowest BCUT2D eigenvalue weighted by atomic mass is 9.79. The summed E-state index contributed by atoms with van der Waals surface area (Å²) in [6, 6.07) is 5.78. The Morgan fingerprint density at radius 2 is 2.29 bits per heavy atom. The predicted molar refractivity (Wildman–Crippen MR) is 52.5 cm³/mol. The normalized spacial score (nSPS) is 19.6. The molecule has 1 aliphatic heterocycles. The summed E-state index contributed by atoms with van der Waals surface area (Å²) >= 11 is 0. The maximum Gasteiger partial charge on any atom is 0.491 e. The Balaban J connectivity index is 1.88. The van der Waals surface area contributed by atoms with E-state index in [1.165, 1.54) is 0 Å². The van der Waals surface area contributed by atoms with Gasteiger partial charge in [-0.1, -0.05) is 6.07 Å². The van der Waals surface area contributed by atoms with E-state index in [1.807, 2.05) is 18.2 Å². The topological polar surface area (TPSA) is 38.7 Å². The number of hydrogen-bond acceptors (Lipinski definition) is 3. The molecule has 1 N–H and O–H groups in total. The first-order valence-corrected chi connectivity index (χ1v) is 4.92. The SMILES string of the molecule is OB1OCc2ccc(OC3CC3)cc21. The van der Waals surface area contributed by atoms with Crippen LogP contribution in [0.2, 0.25) is 0 Å². The molecular formula is C10H11BO3. The molecule has 0 spiro atoms. The van der Waals surface area contributed by atoms with Crippen molar-refractivity contribution in [3.8, 4) is 5.75 Å². The van der Waals surface area contributed by atoms with E-state index in [2.05, 4.69) is 0 Å². The molecule has 0 saturated heterocycles. The minimum Gasteiger partial charge on any atom is -0.490 e. The Hall–Kier alpha value is -0.995. The monoisotopic (exact) mass is 190 g/mol. The first-order chi connectivity index (χ1) is 6.83. The maximum atomic E-state index is 9.48. The van der Waals surface area contributed by atoms with Gasteiger partial charge in [0.1, 0.15) is 5.75 Å². The van der Waals surface area contributed by atoms with Crippen molar-refractivity contribution in [2.75, 3.05) is 0 Å². The number of ether oxygens (including phenoxy) is 1. The van der Waals surface area contributed by atoms with Crippen LogP contribution < -0.4 is 10.2 Å². The molecule has 0 aromatic heterocycles. The van der Waals surface area contributed by atoms with Crippen LogP contribution in [-0.2, 0) is 11.3 Å². The van der Waals surface area contributed by atoms with Crippen LogP contribution >= 0.6 is 0 Å². The van der Waals surface area contributed by atoms with Gasteiger partial charge in [0, 0.05) is 0 Å². The van der Waals surface area contributed by atoms with E-state index in [4.69, 9.17) is 9.39 Å². The van der Waals surface area contributed by atoms with Gasteiger partial charge in [0.05, 0.1) is 12.7 Å². The molecule has 3 nitrogen and oxygen atoms in total. The van der Waals surface area contributed by atoms with Crippen LogP contribution in [0.3, 0.4) is 0 Å². The van der Waals surface area contributed by atoms with Gasteiger partial charge in [-0.2, -0.15) is 0 Å². The highest BCUT2D eigenvalue weighted by atomic mass is 16.5. The molecule has 3 rings (SSSR count). The van der Waals surface area contributed by atoms with Gasteiger partial charge in [0.25, 0.3) is 0 Å². The lowest BCUT2D eigenvalue weighted by Crippen LogP contribution is -2.28. The highest BCUT2D eigenvalue weighted by Gasteiger charge is 2.29. The van der Waals surface area contributed by atoms with E-state index < -0.39 is 7.12 Å². The lowest BCUT2D eigenvalue weighted by molar-refractivity contribution is 0.275. The third-order valence-corrected chi connectivity index (χ3v) is 2.61. The highest BCUT2D eigenvalue weighted by molar-refractivity contribution is 6.61. The van der Waals surface area contributed by atoms with Crippen molar-refractivity contribution >= 4 is 12.6 Å². The molecule has 1 aromatic rings. The van der Waals surface area contributed by atoms with E-state index in [0.717, 1.165) is 29.6 Å². The zero-order valence-electron chi connectivity index (χ0n) is 7.77. The number of rotatable bonds is 2. The van der Waals surface area contributed by atoms with Gasteiger partial charge in [0.2, 0.25) is 0 Å². The second kappa shape index (κ2) is 3.00. The molecule has 0 unspecified atom stereocenters. The van der Waals surface area contributed by atoms with Crippen LogP contribution in [-0.4, -0.2) is 18.2 Å². The molecule has 1 fully saturated rings. The molecule has 72 valence electrons. The van der Waals surface area contributed by atoms with Crippen LogP contribution in [0.4, 0.5) is 0 Å². The smallest absolute Gasteiger partial charge is 0.490 e. The van der Waals surface area contributed by atoms with Gasteiger partial charge in [-0.05, 0) is 36.0 Å². The summed E-state index contributed by atoms with van der Waals surface area (Å²) in [6.07, 6.45) is 2.69. The molecule has 14 heavy (non-hydrogen) atoms. The number of benzene rings is 1. The zero-order chi connectivity index (χ0) is 9.54. The Morgan fingerprint density at radius 1 is 1.43 bits per heavy atom. The van der Waals surface area contributed by atoms with Crippen molar-refractivity contribution in [1.29, 1.82) is 0 Å². The van der Waals surface area contributed by atoms with Gasteiger partial charge in [0.15, 0.2) is 0 Å². The maximum absolute atomic E-state index is 9.48. The molecule has 4 heteroatoms. The van der Waals surface area contributed by atoms with Gasteiger partial charge >= 0.3 is 7.12 Å². The van der Waals surface area contributed by atoms with Crippen molar-refractivity contribution in [3.63, 3.8) is 0 Å². The predicted octanol–water partition coefficient (Wildman–Crippen LogP) is 0.446. The molecule has 1 aliphatic carbocycles. The highest BCUT2D eigenvalue weighted by Crippen LogP contribution is 2.27. The van der Waals surface area contributed by atoms with E-state index in [1.54, 1.807) is 0 Å². The Morgan fingerprint density at radius 3 is 3.07 bits per heavy atom. The standard InChI is InChI=1S/C10H11BO3/c12-11-10-5-9(14-8-3-4-8)2-1-7(10)6-13-11/h1-2,5,8,12H,3-4,6H2. The average molecular weight is 190 g/mol. The van der Waals surface area contributed by atoms with Gasteiger partial charge in [-0.3, -0.25) is 0 Å². The van der Waals surface area contributed by atoms with Gasteiger partial charge in [-0.15, -0.1) is 0 Å². The molecule has 1 aromatic carbocycles. The summed E-state index contributed by atoms with van der Waals surface area (Å²) in [6.45, 7) is 0.500. The average Bonchev–Trinajstić information content (AvgIpc) is 2.92. The summed E-state index contributed by atoms with van der Waals surface area (Å²) in [5.41, 5.74) is 1.91. The first-order valence-electron chi connectivity index (χ1n) is 4.92. The van der Waals surface area contributed by atoms with E-state index in [-0.39, 0.29) is 0 Å². The van der Waals surface area contributed by atoms with Crippen molar-refractivity contribution in [1.82, 2.24) is 0 Å². The minimum atomic E-state index is -0.771. The third kappa shape index (κ3) is 1.40. The van der Waals surface area contributed by atoms with Crippen molar-refractivity contribution in [2.24, 2.45) is 0 Å². The van der Waals surface area contributed by atoms with E-state index in [0.29, 0.717) is 12.7 Å². The van der Waals surface area contributed by atoms with E-state index in [9.17, 15) is 5.02 Å². The molecule has 2 aliphatic rings. The summed E-state index contributed by atoms with van der Waals surface area (Å²) < 4.78 is 10.7. The summed E-state index contributed by atoms with van der Waals surface area (Å²) in [4.78, 5) is 0. The fourth-order valence-corrected chi connectivity index (χ4v) is 1.64.